The van der Waals surface area contributed by atoms with Gasteiger partial charge in [-0.2, -0.15) is 0 Å². The summed E-state index contributed by atoms with van der Waals surface area (Å²) in [6, 6.07) is -0.918. The Morgan fingerprint density at radius 1 is 0.434 bits per heavy atom. The van der Waals surface area contributed by atoms with Crippen molar-refractivity contribution >= 4 is 19.7 Å². The number of nitrogens with zero attached hydrogens (tertiary/aromatic N) is 1. The Morgan fingerprint density at radius 2 is 0.771 bits per heavy atom. The molecule has 0 aliphatic heterocycles. The summed E-state index contributed by atoms with van der Waals surface area (Å²) < 4.78 is 30.3. The molecule has 0 fully saturated rings. The minimum atomic E-state index is -4.72. The Kier molecular flexibility index (Phi) is 58.4. The number of esters is 1. The van der Waals surface area contributed by atoms with Crippen molar-refractivity contribution in [2.75, 3.05) is 40.9 Å². The van der Waals surface area contributed by atoms with Gasteiger partial charge in [-0.05, 0) is 128 Å². The monoisotopic (exact) mass is 1170 g/mol. The number of phosphoric ester groups is 1. The van der Waals surface area contributed by atoms with Crippen LogP contribution in [0.1, 0.15) is 265 Å². The first-order valence-electron chi connectivity index (χ1n) is 33.5. The van der Waals surface area contributed by atoms with Gasteiger partial charge in [-0.1, -0.05) is 258 Å². The number of carbonyl (C=O) groups excluding carboxylic acids is 2. The van der Waals surface area contributed by atoms with E-state index in [2.05, 4.69) is 148 Å². The molecule has 0 radical (unpaired) electrons. The standard InChI is InChI=1S/C73H125N2O7P/c1-7-10-13-16-19-22-25-27-29-31-33-34-35-36-37-38-39-40-42-44-46-48-51-54-57-60-63-66-73(77)82-71(64-61-58-55-52-49-24-21-18-15-12-9-3)70(69-81-83(78,79)80-68-67-75(4,5)6)74-72(76)65-62-59-56-53-50-47-45-43-41-32-30-28-26-23-20-17-14-11-8-2/h10,13,19-20,22-23,27-30,33-34,36-37,39-41,43,47,50,61,64,70-71H,7-9,11-12,14-18,21,24-26,31-32,35,38,42,44-46,48-49,51-60,62-63,65-69H2,1-6H3,(H-,74,76,78,79)/b13-10-,22-19-,23-20-,29-27-,30-28-,34-33-,37-36-,40-39-,43-41-,50-47-,64-61-. The molecule has 3 atom stereocenters. The van der Waals surface area contributed by atoms with Crippen LogP contribution < -0.4 is 10.2 Å². The lowest BCUT2D eigenvalue weighted by Crippen LogP contribution is -2.47. The summed E-state index contributed by atoms with van der Waals surface area (Å²) in [5.41, 5.74) is 0. The molecule has 83 heavy (non-hydrogen) atoms. The van der Waals surface area contributed by atoms with Gasteiger partial charge in [-0.15, -0.1) is 0 Å². The topological polar surface area (TPSA) is 114 Å². The zero-order valence-corrected chi connectivity index (χ0v) is 55.0. The number of quaternary nitrogens is 1. The van der Waals surface area contributed by atoms with Gasteiger partial charge in [0.1, 0.15) is 19.3 Å². The lowest BCUT2D eigenvalue weighted by Gasteiger charge is -2.30. The smallest absolute Gasteiger partial charge is 0.306 e. The number of hydrogen-bond acceptors (Lipinski definition) is 7. The van der Waals surface area contributed by atoms with Crippen LogP contribution in [0.5, 0.6) is 0 Å². The van der Waals surface area contributed by atoms with Crippen molar-refractivity contribution in [1.29, 1.82) is 0 Å². The highest BCUT2D eigenvalue weighted by Crippen LogP contribution is 2.38. The van der Waals surface area contributed by atoms with E-state index in [0.29, 0.717) is 23.9 Å². The van der Waals surface area contributed by atoms with Gasteiger partial charge in [0, 0.05) is 12.8 Å². The zero-order chi connectivity index (χ0) is 60.7. The number of rotatable bonds is 59. The average Bonchev–Trinajstić information content (AvgIpc) is 3.51. The maximum Gasteiger partial charge on any atom is 0.306 e. The van der Waals surface area contributed by atoms with Crippen molar-refractivity contribution in [3.63, 3.8) is 0 Å². The van der Waals surface area contributed by atoms with E-state index < -0.39 is 26.6 Å². The fourth-order valence-electron chi connectivity index (χ4n) is 8.92. The molecule has 0 heterocycles. The Balaban J connectivity index is 5.17. The molecule has 0 spiro atoms. The van der Waals surface area contributed by atoms with E-state index in [4.69, 9.17) is 13.8 Å². The first kappa shape index (κ1) is 79.2. The molecule has 0 aromatic rings. The van der Waals surface area contributed by atoms with Crippen LogP contribution >= 0.6 is 7.82 Å². The molecule has 9 nitrogen and oxygen atoms in total. The third-order valence-corrected chi connectivity index (χ3v) is 15.0. The lowest BCUT2D eigenvalue weighted by atomic mass is 10.1. The van der Waals surface area contributed by atoms with Gasteiger partial charge in [0.2, 0.25) is 5.91 Å². The number of hydrogen-bond donors (Lipinski definition) is 1. The van der Waals surface area contributed by atoms with Gasteiger partial charge in [0.25, 0.3) is 7.82 Å². The van der Waals surface area contributed by atoms with Crippen LogP contribution in [0.4, 0.5) is 0 Å². The second kappa shape index (κ2) is 61.2. The molecule has 0 aliphatic rings. The number of unbranched alkanes of at least 4 members (excludes halogenated alkanes) is 23. The van der Waals surface area contributed by atoms with Crippen LogP contribution in [0.3, 0.4) is 0 Å². The van der Waals surface area contributed by atoms with Crippen LogP contribution in [0.25, 0.3) is 0 Å². The molecule has 0 saturated heterocycles. The molecule has 0 aromatic carbocycles. The highest BCUT2D eigenvalue weighted by atomic mass is 31.2. The fourth-order valence-corrected chi connectivity index (χ4v) is 9.64. The van der Waals surface area contributed by atoms with Gasteiger partial charge < -0.3 is 28.5 Å². The van der Waals surface area contributed by atoms with E-state index in [1.54, 1.807) is 0 Å². The van der Waals surface area contributed by atoms with Gasteiger partial charge >= 0.3 is 5.97 Å². The maximum absolute atomic E-state index is 13.5. The second-order valence-corrected chi connectivity index (χ2v) is 24.6. The van der Waals surface area contributed by atoms with Crippen molar-refractivity contribution in [3.05, 3.63) is 134 Å². The maximum atomic E-state index is 13.5. The molecule has 474 valence electrons. The van der Waals surface area contributed by atoms with E-state index in [1.165, 1.54) is 96.3 Å². The van der Waals surface area contributed by atoms with Crippen molar-refractivity contribution in [3.8, 4) is 0 Å². The predicted molar refractivity (Wildman–Crippen MR) is 357 cm³/mol. The number of amides is 1. The highest BCUT2D eigenvalue weighted by Gasteiger charge is 2.27. The minimum Gasteiger partial charge on any atom is -0.756 e. The number of phosphoric acid groups is 1. The Labute approximate surface area is 511 Å². The Morgan fingerprint density at radius 3 is 1.19 bits per heavy atom. The van der Waals surface area contributed by atoms with Crippen molar-refractivity contribution in [1.82, 2.24) is 5.32 Å². The predicted octanol–water partition coefficient (Wildman–Crippen LogP) is 20.6. The summed E-state index contributed by atoms with van der Waals surface area (Å²) in [5.74, 6) is -0.595. The van der Waals surface area contributed by atoms with Crippen molar-refractivity contribution in [2.45, 2.75) is 277 Å². The third-order valence-electron chi connectivity index (χ3n) is 14.1. The fraction of sp³-hybridized carbons (Fsp3) is 0.671. The van der Waals surface area contributed by atoms with E-state index >= 15 is 0 Å². The molecule has 0 aliphatic carbocycles. The summed E-state index contributed by atoms with van der Waals surface area (Å²) in [6.07, 6.45) is 87.1. The Hall–Kier alpha value is -3.85. The molecule has 3 unspecified atom stereocenters. The average molecular weight is 1170 g/mol. The van der Waals surface area contributed by atoms with E-state index in [0.717, 1.165) is 122 Å². The number of allylic oxidation sites excluding steroid dienone is 21. The second-order valence-electron chi connectivity index (χ2n) is 23.2. The zero-order valence-electron chi connectivity index (χ0n) is 54.1. The quantitative estimate of drug-likeness (QED) is 0.0212. The van der Waals surface area contributed by atoms with Crippen LogP contribution in [0.2, 0.25) is 0 Å². The Bertz CT molecular complexity index is 1880. The van der Waals surface area contributed by atoms with Gasteiger partial charge in [0.05, 0.1) is 33.8 Å². The van der Waals surface area contributed by atoms with Crippen LogP contribution in [-0.4, -0.2) is 69.4 Å². The van der Waals surface area contributed by atoms with Gasteiger partial charge in [-0.3, -0.25) is 14.2 Å². The van der Waals surface area contributed by atoms with E-state index in [1.807, 2.05) is 33.3 Å². The molecular weight excluding hydrogens is 1050 g/mol. The molecule has 1 amide bonds. The first-order chi connectivity index (χ1) is 40.4. The highest BCUT2D eigenvalue weighted by molar-refractivity contribution is 7.45. The number of nitrogens with one attached hydrogen (secondary N) is 1. The van der Waals surface area contributed by atoms with Gasteiger partial charge in [-0.25, -0.2) is 0 Å². The molecular formula is C73H125N2O7P. The molecule has 0 bridgehead atoms. The largest absolute Gasteiger partial charge is 0.756 e. The molecule has 0 rings (SSSR count). The molecule has 0 saturated carbocycles. The number of carbonyl (C=O) groups is 2. The van der Waals surface area contributed by atoms with E-state index in [-0.39, 0.29) is 31.3 Å². The summed E-state index contributed by atoms with van der Waals surface area (Å²) >= 11 is 0. The summed E-state index contributed by atoms with van der Waals surface area (Å²) in [4.78, 5) is 40.1. The first-order valence-corrected chi connectivity index (χ1v) is 35.0. The summed E-state index contributed by atoms with van der Waals surface area (Å²) in [6.45, 7) is 6.65. The van der Waals surface area contributed by atoms with Crippen LogP contribution in [-0.2, 0) is 27.9 Å². The van der Waals surface area contributed by atoms with Crippen molar-refractivity contribution in [2.24, 2.45) is 0 Å². The number of likely N-dealkylation sites (N-methyl/N-ethyl adjacent to an activating group) is 1. The summed E-state index contributed by atoms with van der Waals surface area (Å²) in [7, 11) is 1.14. The normalized spacial score (nSPS) is 14.4. The SMILES string of the molecule is CC/C=C\C/C=C\C/C=C\C/C=C\C/C=C\C/C=C\CCCCCCCCCCC(=O)OC(/C=C\CCCCCCCCCCC)C(COP(=O)([O-])OCC[N+](C)(C)C)NC(=O)CCCCC/C=C\C/C=C\C/C=C\C/C=C\CCCCC. The number of ether oxygens (including phenoxy) is 1. The summed E-state index contributed by atoms with van der Waals surface area (Å²) in [5, 5.41) is 3.01. The van der Waals surface area contributed by atoms with Crippen LogP contribution in [0.15, 0.2) is 134 Å². The third kappa shape index (κ3) is 62.5. The van der Waals surface area contributed by atoms with E-state index in [9.17, 15) is 19.0 Å². The van der Waals surface area contributed by atoms with Crippen molar-refractivity contribution < 1.29 is 37.3 Å². The molecule has 10 heteroatoms. The van der Waals surface area contributed by atoms with Gasteiger partial charge in [0.15, 0.2) is 0 Å². The lowest BCUT2D eigenvalue weighted by molar-refractivity contribution is -0.870. The minimum absolute atomic E-state index is 0.0372. The molecule has 0 aromatic heterocycles. The van der Waals surface area contributed by atoms with Crippen LogP contribution in [0, 0.1) is 0 Å². The molecule has 1 N–H and O–H groups in total.